The maximum Gasteiger partial charge on any atom is 0.472 e. The van der Waals surface area contributed by atoms with Crippen LogP contribution >= 0.6 is 15.6 Å². The molecule has 2 unspecified atom stereocenters. The van der Waals surface area contributed by atoms with Crippen molar-refractivity contribution < 1.29 is 80.2 Å². The number of carbonyl (C=O) groups is 4. The lowest BCUT2D eigenvalue weighted by molar-refractivity contribution is -0.161. The number of rotatable bonds is 76. The molecule has 0 fully saturated rings. The lowest BCUT2D eigenvalue weighted by Gasteiger charge is -2.21. The Morgan fingerprint density at radius 1 is 0.281 bits per heavy atom. The standard InChI is InChI=1S/C77H150O17P2/c1-7-9-11-13-15-17-19-20-21-22-25-28-32-35-41-47-53-59-74(79)87-65-72(93-77(82)62-56-50-43-37-33-29-26-23-24-27-31-34-39-45-51-57-69(3)4)67-91-95(83,84)89-63-71(78)64-90-96(85,86)92-68-73(66-88-75(80)60-54-48-44-38-40-46-52-58-70(5)6)94-76(81)61-55-49-42-36-30-18-16-14-12-10-8-2/h69-73,78H,7-68H2,1-6H3,(H,83,84)(H,85,86)/t71-,72-,73-/m1/s1. The normalized spacial score (nSPS) is 14.0. The monoisotopic (exact) mass is 1410 g/mol. The summed E-state index contributed by atoms with van der Waals surface area (Å²) in [6, 6.07) is 0. The average molecular weight is 1410 g/mol. The van der Waals surface area contributed by atoms with Crippen LogP contribution in [0.5, 0.6) is 0 Å². The van der Waals surface area contributed by atoms with Crippen molar-refractivity contribution in [1.29, 1.82) is 0 Å². The molecule has 0 amide bonds. The summed E-state index contributed by atoms with van der Waals surface area (Å²) >= 11 is 0. The summed E-state index contributed by atoms with van der Waals surface area (Å²) in [5.41, 5.74) is 0. The molecule has 0 aromatic heterocycles. The topological polar surface area (TPSA) is 237 Å². The quantitative estimate of drug-likeness (QED) is 0.0222. The minimum atomic E-state index is -4.96. The highest BCUT2D eigenvalue weighted by molar-refractivity contribution is 7.47. The SMILES string of the molecule is CCCCCCCCCCCCCCCCCCCC(=O)OC[C@H](COP(=O)(O)OC[C@@H](O)COP(=O)(O)OC[C@@H](COC(=O)CCCCCCCCCC(C)C)OC(=O)CCCCCCCCCCCCC)OC(=O)CCCCCCCCCCCCCCCCCC(C)C. The zero-order chi connectivity index (χ0) is 70.7. The van der Waals surface area contributed by atoms with E-state index in [1.54, 1.807) is 0 Å². The maximum atomic E-state index is 13.1. The summed E-state index contributed by atoms with van der Waals surface area (Å²) in [6.45, 7) is 9.57. The molecule has 570 valence electrons. The first-order chi connectivity index (χ1) is 46.4. The van der Waals surface area contributed by atoms with Crippen molar-refractivity contribution in [2.24, 2.45) is 11.8 Å². The Morgan fingerprint density at radius 3 is 0.708 bits per heavy atom. The fourth-order valence-corrected chi connectivity index (χ4v) is 13.4. The molecule has 0 aliphatic rings. The van der Waals surface area contributed by atoms with Crippen LogP contribution in [0.15, 0.2) is 0 Å². The van der Waals surface area contributed by atoms with Crippen LogP contribution in [0.1, 0.15) is 401 Å². The molecular weight excluding hydrogens is 1260 g/mol. The lowest BCUT2D eigenvalue weighted by atomic mass is 10.0. The number of aliphatic hydroxyl groups is 1. The summed E-state index contributed by atoms with van der Waals surface area (Å²) in [7, 11) is -9.91. The summed E-state index contributed by atoms with van der Waals surface area (Å²) in [6.07, 6.45) is 56.9. The van der Waals surface area contributed by atoms with Crippen LogP contribution in [0.3, 0.4) is 0 Å². The second-order valence-electron chi connectivity index (χ2n) is 28.7. The van der Waals surface area contributed by atoms with Gasteiger partial charge >= 0.3 is 39.5 Å². The van der Waals surface area contributed by atoms with Crippen LogP contribution in [0, 0.1) is 11.8 Å². The molecule has 0 saturated heterocycles. The Kier molecular flexibility index (Phi) is 67.4. The molecule has 0 radical (unpaired) electrons. The first-order valence-electron chi connectivity index (χ1n) is 40.0. The number of carbonyl (C=O) groups excluding carboxylic acids is 4. The Bertz CT molecular complexity index is 1860. The Hall–Kier alpha value is -1.94. The van der Waals surface area contributed by atoms with Gasteiger partial charge in [0.25, 0.3) is 0 Å². The first-order valence-corrected chi connectivity index (χ1v) is 43.0. The number of aliphatic hydroxyl groups excluding tert-OH is 1. The number of hydrogen-bond acceptors (Lipinski definition) is 15. The predicted molar refractivity (Wildman–Crippen MR) is 391 cm³/mol. The van der Waals surface area contributed by atoms with Gasteiger partial charge in [0, 0.05) is 25.7 Å². The van der Waals surface area contributed by atoms with Crippen molar-refractivity contribution in [3.8, 4) is 0 Å². The van der Waals surface area contributed by atoms with Gasteiger partial charge in [0.2, 0.25) is 0 Å². The molecule has 0 aromatic carbocycles. The number of phosphoric acid groups is 2. The molecule has 19 heteroatoms. The van der Waals surface area contributed by atoms with Gasteiger partial charge in [-0.1, -0.05) is 350 Å². The Balaban J connectivity index is 5.22. The molecule has 3 N–H and O–H groups in total. The molecule has 0 aliphatic heterocycles. The highest BCUT2D eigenvalue weighted by Gasteiger charge is 2.30. The van der Waals surface area contributed by atoms with Gasteiger partial charge in [-0.25, -0.2) is 9.13 Å². The van der Waals surface area contributed by atoms with Gasteiger partial charge in [-0.05, 0) is 37.5 Å². The van der Waals surface area contributed by atoms with Gasteiger partial charge in [-0.15, -0.1) is 0 Å². The number of ether oxygens (including phenoxy) is 4. The summed E-state index contributed by atoms with van der Waals surface area (Å²) < 4.78 is 68.5. The zero-order valence-corrected chi connectivity index (χ0v) is 64.5. The van der Waals surface area contributed by atoms with E-state index in [1.165, 1.54) is 212 Å². The Morgan fingerprint density at radius 2 is 0.479 bits per heavy atom. The van der Waals surface area contributed by atoms with Crippen molar-refractivity contribution in [1.82, 2.24) is 0 Å². The van der Waals surface area contributed by atoms with Gasteiger partial charge in [0.15, 0.2) is 12.2 Å². The largest absolute Gasteiger partial charge is 0.472 e. The van der Waals surface area contributed by atoms with E-state index >= 15 is 0 Å². The third kappa shape index (κ3) is 70.5. The van der Waals surface area contributed by atoms with E-state index < -0.39 is 97.5 Å². The minimum Gasteiger partial charge on any atom is -0.462 e. The second kappa shape index (κ2) is 68.8. The zero-order valence-electron chi connectivity index (χ0n) is 62.7. The van der Waals surface area contributed by atoms with Gasteiger partial charge in [-0.2, -0.15) is 0 Å². The van der Waals surface area contributed by atoms with E-state index in [2.05, 4.69) is 41.5 Å². The number of unbranched alkanes of at least 4 members (excludes halogenated alkanes) is 46. The highest BCUT2D eigenvalue weighted by Crippen LogP contribution is 2.45. The van der Waals surface area contributed by atoms with E-state index in [1.807, 2.05) is 0 Å². The van der Waals surface area contributed by atoms with Crippen LogP contribution in [0.4, 0.5) is 0 Å². The van der Waals surface area contributed by atoms with Crippen LogP contribution in [-0.2, 0) is 65.4 Å². The van der Waals surface area contributed by atoms with E-state index in [0.717, 1.165) is 102 Å². The highest BCUT2D eigenvalue weighted by atomic mass is 31.2. The second-order valence-corrected chi connectivity index (χ2v) is 31.6. The van der Waals surface area contributed by atoms with Crippen molar-refractivity contribution in [2.75, 3.05) is 39.6 Å². The minimum absolute atomic E-state index is 0.106. The van der Waals surface area contributed by atoms with Gasteiger partial charge in [0.05, 0.1) is 26.4 Å². The van der Waals surface area contributed by atoms with E-state index in [9.17, 15) is 43.2 Å². The molecule has 0 spiro atoms. The van der Waals surface area contributed by atoms with E-state index in [4.69, 9.17) is 37.0 Å². The van der Waals surface area contributed by atoms with Crippen molar-refractivity contribution >= 4 is 39.5 Å². The average Bonchev–Trinajstić information content (AvgIpc) is 1.19. The van der Waals surface area contributed by atoms with E-state index in [-0.39, 0.29) is 25.7 Å². The number of esters is 4. The number of phosphoric ester groups is 2. The Labute approximate surface area is 588 Å². The van der Waals surface area contributed by atoms with Gasteiger partial charge in [-0.3, -0.25) is 37.3 Å². The molecule has 0 heterocycles. The third-order valence-corrected chi connectivity index (χ3v) is 19.9. The van der Waals surface area contributed by atoms with Gasteiger partial charge in [0.1, 0.15) is 19.3 Å². The summed E-state index contributed by atoms with van der Waals surface area (Å²) in [5.74, 6) is -0.606. The van der Waals surface area contributed by atoms with Crippen molar-refractivity contribution in [3.05, 3.63) is 0 Å². The molecular formula is C77H150O17P2. The number of hydrogen-bond donors (Lipinski definition) is 3. The first kappa shape index (κ1) is 94.1. The summed E-state index contributed by atoms with van der Waals surface area (Å²) in [4.78, 5) is 72.8. The fourth-order valence-electron chi connectivity index (χ4n) is 11.8. The molecule has 0 rings (SSSR count). The molecule has 0 aromatic rings. The fraction of sp³-hybridized carbons (Fsp3) is 0.948. The molecule has 0 saturated carbocycles. The van der Waals surface area contributed by atoms with Crippen molar-refractivity contribution in [3.63, 3.8) is 0 Å². The lowest BCUT2D eigenvalue weighted by Crippen LogP contribution is -2.30. The molecule has 96 heavy (non-hydrogen) atoms. The third-order valence-electron chi connectivity index (χ3n) is 18.0. The van der Waals surface area contributed by atoms with Crippen LogP contribution < -0.4 is 0 Å². The molecule has 17 nitrogen and oxygen atoms in total. The maximum absolute atomic E-state index is 13.1. The molecule has 0 bridgehead atoms. The van der Waals surface area contributed by atoms with Crippen molar-refractivity contribution in [2.45, 2.75) is 419 Å². The predicted octanol–water partition coefficient (Wildman–Crippen LogP) is 22.7. The van der Waals surface area contributed by atoms with E-state index in [0.29, 0.717) is 31.6 Å². The molecule has 5 atom stereocenters. The van der Waals surface area contributed by atoms with Crippen LogP contribution in [0.2, 0.25) is 0 Å². The van der Waals surface area contributed by atoms with Gasteiger partial charge < -0.3 is 33.8 Å². The molecule has 0 aliphatic carbocycles. The summed E-state index contributed by atoms with van der Waals surface area (Å²) in [5, 5.41) is 10.6. The smallest absolute Gasteiger partial charge is 0.462 e. The van der Waals surface area contributed by atoms with Crippen LogP contribution in [-0.4, -0.2) is 96.7 Å². The van der Waals surface area contributed by atoms with Crippen LogP contribution in [0.25, 0.3) is 0 Å².